The zero-order valence-corrected chi connectivity index (χ0v) is 11.8. The van der Waals surface area contributed by atoms with Crippen molar-refractivity contribution >= 4 is 23.6 Å². The van der Waals surface area contributed by atoms with Gasteiger partial charge in [0.05, 0.1) is 6.07 Å². The van der Waals surface area contributed by atoms with Gasteiger partial charge in [-0.1, -0.05) is 41.9 Å². The molecule has 0 fully saturated rings. The number of rotatable bonds is 1. The zero-order valence-electron chi connectivity index (χ0n) is 11.0. The van der Waals surface area contributed by atoms with Gasteiger partial charge in [0.25, 0.3) is 5.91 Å². The molecule has 1 unspecified atom stereocenters. The third-order valence-corrected chi connectivity index (χ3v) is 3.76. The fourth-order valence-electron chi connectivity index (χ4n) is 2.41. The van der Waals surface area contributed by atoms with Crippen molar-refractivity contribution in [1.82, 2.24) is 4.90 Å². The van der Waals surface area contributed by atoms with E-state index >= 15 is 0 Å². The van der Waals surface area contributed by atoms with Crippen molar-refractivity contribution in [1.29, 1.82) is 5.26 Å². The molecule has 0 saturated heterocycles. The summed E-state index contributed by atoms with van der Waals surface area (Å²) in [5.74, 6) is -0.219. The lowest BCUT2D eigenvalue weighted by atomic mass is 9.96. The normalized spacial score (nSPS) is 16.2. The number of nitriles is 1. The van der Waals surface area contributed by atoms with Gasteiger partial charge in [-0.05, 0) is 29.8 Å². The van der Waals surface area contributed by atoms with E-state index in [1.807, 2.05) is 18.2 Å². The van der Waals surface area contributed by atoms with Crippen molar-refractivity contribution in [2.45, 2.75) is 6.04 Å². The van der Waals surface area contributed by atoms with Crippen LogP contribution in [0, 0.1) is 11.3 Å². The van der Waals surface area contributed by atoms with Crippen LogP contribution < -0.4 is 0 Å². The van der Waals surface area contributed by atoms with Crippen molar-refractivity contribution < 1.29 is 4.79 Å². The molecule has 0 N–H and O–H groups in total. The summed E-state index contributed by atoms with van der Waals surface area (Å²) in [5, 5.41) is 9.99. The summed E-state index contributed by atoms with van der Waals surface area (Å²) in [6, 6.07) is 15.8. The Morgan fingerprint density at radius 1 is 1.14 bits per heavy atom. The highest BCUT2D eigenvalue weighted by molar-refractivity contribution is 6.31. The standard InChI is InChI=1S/C17H11ClN2O/c18-14-8-4-7-12-9-10-20(15(11-19)16(12)14)17(21)13-5-2-1-3-6-13/h1-10,15H. The lowest BCUT2D eigenvalue weighted by molar-refractivity contribution is 0.0794. The lowest BCUT2D eigenvalue weighted by Crippen LogP contribution is -2.32. The third kappa shape index (κ3) is 2.31. The molecule has 0 aromatic heterocycles. The van der Waals surface area contributed by atoms with Crippen molar-refractivity contribution in [3.05, 3.63) is 76.4 Å². The van der Waals surface area contributed by atoms with Crippen LogP contribution >= 0.6 is 11.6 Å². The van der Waals surface area contributed by atoms with Gasteiger partial charge in [0.1, 0.15) is 0 Å². The molecule has 4 heteroatoms. The first-order valence-electron chi connectivity index (χ1n) is 6.46. The van der Waals surface area contributed by atoms with Crippen LogP contribution in [0.1, 0.15) is 27.5 Å². The highest BCUT2D eigenvalue weighted by Crippen LogP contribution is 2.35. The van der Waals surface area contributed by atoms with E-state index in [4.69, 9.17) is 11.6 Å². The van der Waals surface area contributed by atoms with Crippen LogP contribution in [0.25, 0.3) is 6.08 Å². The number of fused-ring (bicyclic) bond motifs is 1. The molecule has 1 heterocycles. The number of hydrogen-bond donors (Lipinski definition) is 0. The fourth-order valence-corrected chi connectivity index (χ4v) is 2.70. The second-order valence-corrected chi connectivity index (χ2v) is 5.08. The van der Waals surface area contributed by atoms with E-state index in [1.165, 1.54) is 4.90 Å². The number of benzene rings is 2. The van der Waals surface area contributed by atoms with Crippen LogP contribution in [0.5, 0.6) is 0 Å². The quantitative estimate of drug-likeness (QED) is 0.797. The van der Waals surface area contributed by atoms with Gasteiger partial charge in [0.2, 0.25) is 0 Å². The summed E-state index contributed by atoms with van der Waals surface area (Å²) < 4.78 is 0. The monoisotopic (exact) mass is 294 g/mol. The molecule has 1 aliphatic heterocycles. The summed E-state index contributed by atoms with van der Waals surface area (Å²) in [4.78, 5) is 14.0. The fraction of sp³-hybridized carbons (Fsp3) is 0.0588. The molecule has 0 spiro atoms. The number of hydrogen-bond acceptors (Lipinski definition) is 2. The molecule has 0 aliphatic carbocycles. The number of nitrogens with zero attached hydrogens (tertiary/aromatic N) is 2. The average molecular weight is 295 g/mol. The van der Waals surface area contributed by atoms with Crippen molar-refractivity contribution in [2.24, 2.45) is 0 Å². The summed E-state index contributed by atoms with van der Waals surface area (Å²) in [6.45, 7) is 0. The van der Waals surface area contributed by atoms with Gasteiger partial charge < -0.3 is 0 Å². The summed E-state index contributed by atoms with van der Waals surface area (Å²) in [7, 11) is 0. The zero-order chi connectivity index (χ0) is 14.8. The molecule has 3 rings (SSSR count). The highest BCUT2D eigenvalue weighted by Gasteiger charge is 2.30. The molecule has 2 aromatic rings. The van der Waals surface area contributed by atoms with E-state index in [2.05, 4.69) is 6.07 Å². The molecule has 0 saturated carbocycles. The smallest absolute Gasteiger partial charge is 0.259 e. The van der Waals surface area contributed by atoms with Crippen LogP contribution in [0.4, 0.5) is 0 Å². The van der Waals surface area contributed by atoms with E-state index in [9.17, 15) is 10.1 Å². The van der Waals surface area contributed by atoms with Gasteiger partial charge in [0.15, 0.2) is 6.04 Å². The Kier molecular flexibility index (Phi) is 3.47. The van der Waals surface area contributed by atoms with Crippen LogP contribution in [-0.4, -0.2) is 10.8 Å². The van der Waals surface area contributed by atoms with Crippen LogP contribution in [0.15, 0.2) is 54.7 Å². The van der Waals surface area contributed by atoms with E-state index < -0.39 is 6.04 Å². The third-order valence-electron chi connectivity index (χ3n) is 3.43. The predicted molar refractivity (Wildman–Crippen MR) is 81.5 cm³/mol. The van der Waals surface area contributed by atoms with Gasteiger partial charge in [-0.15, -0.1) is 0 Å². The van der Waals surface area contributed by atoms with E-state index in [-0.39, 0.29) is 5.91 Å². The van der Waals surface area contributed by atoms with Crippen molar-refractivity contribution in [3.63, 3.8) is 0 Å². The van der Waals surface area contributed by atoms with Gasteiger partial charge in [-0.3, -0.25) is 9.69 Å². The second-order valence-electron chi connectivity index (χ2n) is 4.67. The van der Waals surface area contributed by atoms with Crippen LogP contribution in [-0.2, 0) is 0 Å². The Morgan fingerprint density at radius 2 is 1.90 bits per heavy atom. The maximum atomic E-state index is 12.6. The second kappa shape index (κ2) is 5.43. The summed E-state index contributed by atoms with van der Waals surface area (Å²) in [5.41, 5.74) is 2.08. The first kappa shape index (κ1) is 13.4. The van der Waals surface area contributed by atoms with Gasteiger partial charge >= 0.3 is 0 Å². The molecule has 1 aliphatic rings. The lowest BCUT2D eigenvalue weighted by Gasteiger charge is -2.29. The maximum Gasteiger partial charge on any atom is 0.259 e. The van der Waals surface area contributed by atoms with Crippen LogP contribution in [0.3, 0.4) is 0 Å². The largest absolute Gasteiger partial charge is 0.294 e. The molecule has 1 amide bonds. The SMILES string of the molecule is N#CC1c2c(Cl)cccc2C=CN1C(=O)c1ccccc1. The molecular formula is C17H11ClN2O. The summed E-state index contributed by atoms with van der Waals surface area (Å²) >= 11 is 6.21. The summed E-state index contributed by atoms with van der Waals surface area (Å²) in [6.07, 6.45) is 3.44. The Hall–Kier alpha value is -2.57. The molecule has 3 nitrogen and oxygen atoms in total. The minimum atomic E-state index is -0.716. The molecular weight excluding hydrogens is 284 g/mol. The Balaban J connectivity index is 2.05. The molecule has 0 bridgehead atoms. The Labute approximate surface area is 127 Å². The molecule has 0 radical (unpaired) electrons. The minimum Gasteiger partial charge on any atom is -0.294 e. The number of carbonyl (C=O) groups excluding carboxylic acids is 1. The van der Waals surface area contributed by atoms with Gasteiger partial charge in [-0.25, -0.2) is 0 Å². The average Bonchev–Trinajstić information content (AvgIpc) is 2.54. The van der Waals surface area contributed by atoms with Crippen LogP contribution in [0.2, 0.25) is 5.02 Å². The molecule has 1 atom stereocenters. The number of carbonyl (C=O) groups is 1. The number of amides is 1. The maximum absolute atomic E-state index is 12.6. The van der Waals surface area contributed by atoms with Gasteiger partial charge in [-0.2, -0.15) is 5.26 Å². The molecule has 21 heavy (non-hydrogen) atoms. The Morgan fingerprint density at radius 3 is 2.62 bits per heavy atom. The van der Waals surface area contributed by atoms with E-state index in [1.54, 1.807) is 42.6 Å². The Bertz CT molecular complexity index is 762. The van der Waals surface area contributed by atoms with E-state index in [0.717, 1.165) is 5.56 Å². The number of halogens is 1. The molecule has 102 valence electrons. The van der Waals surface area contributed by atoms with Gasteiger partial charge in [0, 0.05) is 22.3 Å². The predicted octanol–water partition coefficient (Wildman–Crippen LogP) is 4.03. The highest BCUT2D eigenvalue weighted by atomic mass is 35.5. The first-order chi connectivity index (χ1) is 10.2. The minimum absolute atomic E-state index is 0.219. The first-order valence-corrected chi connectivity index (χ1v) is 6.84. The molecule has 2 aromatic carbocycles. The van der Waals surface area contributed by atoms with Crippen molar-refractivity contribution in [2.75, 3.05) is 0 Å². The van der Waals surface area contributed by atoms with E-state index in [0.29, 0.717) is 16.1 Å². The topological polar surface area (TPSA) is 44.1 Å². The van der Waals surface area contributed by atoms with Crippen molar-refractivity contribution in [3.8, 4) is 6.07 Å².